The van der Waals surface area contributed by atoms with E-state index < -0.39 is 8.80 Å². The lowest BCUT2D eigenvalue weighted by Crippen LogP contribution is -2.46. The van der Waals surface area contributed by atoms with E-state index in [4.69, 9.17) is 13.3 Å². The van der Waals surface area contributed by atoms with Crippen LogP contribution < -0.4 is 5.32 Å². The molecule has 0 aliphatic carbocycles. The van der Waals surface area contributed by atoms with Crippen LogP contribution in [0.2, 0.25) is 6.04 Å². The van der Waals surface area contributed by atoms with Gasteiger partial charge in [-0.25, -0.2) is 0 Å². The molecule has 0 fully saturated rings. The SMILES string of the molecule is CCO[Si](CCCNCC(C)(C)Br)(OCC)OCC. The number of alkyl halides is 1. The van der Waals surface area contributed by atoms with Gasteiger partial charge in [0.1, 0.15) is 0 Å². The molecule has 19 heavy (non-hydrogen) atoms. The predicted octanol–water partition coefficient (Wildman–Crippen LogP) is 3.19. The molecule has 0 bridgehead atoms. The zero-order chi connectivity index (χ0) is 14.8. The monoisotopic (exact) mass is 355 g/mol. The van der Waals surface area contributed by atoms with Crippen molar-refractivity contribution in [2.45, 2.75) is 51.4 Å². The maximum atomic E-state index is 5.82. The zero-order valence-corrected chi connectivity index (χ0v) is 15.6. The van der Waals surface area contributed by atoms with E-state index >= 15 is 0 Å². The van der Waals surface area contributed by atoms with E-state index in [1.54, 1.807) is 0 Å². The van der Waals surface area contributed by atoms with Gasteiger partial charge in [0.15, 0.2) is 0 Å². The summed E-state index contributed by atoms with van der Waals surface area (Å²) in [6, 6.07) is 0.873. The highest BCUT2D eigenvalue weighted by atomic mass is 79.9. The molecule has 0 aromatic carbocycles. The van der Waals surface area contributed by atoms with Crippen LogP contribution in [0.1, 0.15) is 41.0 Å². The number of hydrogen-bond acceptors (Lipinski definition) is 4. The summed E-state index contributed by atoms with van der Waals surface area (Å²) in [5, 5.41) is 3.43. The first-order valence-electron chi connectivity index (χ1n) is 7.20. The van der Waals surface area contributed by atoms with Crippen LogP contribution in [0.4, 0.5) is 0 Å². The van der Waals surface area contributed by atoms with Crippen molar-refractivity contribution >= 4 is 24.7 Å². The highest BCUT2D eigenvalue weighted by Gasteiger charge is 2.39. The molecule has 6 heteroatoms. The van der Waals surface area contributed by atoms with E-state index in [9.17, 15) is 0 Å². The highest BCUT2D eigenvalue weighted by molar-refractivity contribution is 9.10. The molecule has 0 rings (SSSR count). The molecule has 0 aliphatic heterocycles. The van der Waals surface area contributed by atoms with Crippen LogP contribution in [-0.4, -0.2) is 46.0 Å². The first kappa shape index (κ1) is 19.5. The van der Waals surface area contributed by atoms with Crippen molar-refractivity contribution in [3.63, 3.8) is 0 Å². The summed E-state index contributed by atoms with van der Waals surface area (Å²) in [5.41, 5.74) is 0. The average molecular weight is 356 g/mol. The van der Waals surface area contributed by atoms with Crippen LogP contribution in [0.15, 0.2) is 0 Å². The van der Waals surface area contributed by atoms with Crippen LogP contribution in [0, 0.1) is 0 Å². The largest absolute Gasteiger partial charge is 0.500 e. The molecule has 4 nitrogen and oxygen atoms in total. The summed E-state index contributed by atoms with van der Waals surface area (Å²) in [5.74, 6) is 0. The minimum Gasteiger partial charge on any atom is -0.374 e. The van der Waals surface area contributed by atoms with E-state index in [2.05, 4.69) is 35.1 Å². The Morgan fingerprint density at radius 1 is 1.00 bits per heavy atom. The fourth-order valence-corrected chi connectivity index (χ4v) is 4.63. The molecule has 0 amide bonds. The Morgan fingerprint density at radius 3 is 1.84 bits per heavy atom. The minimum absolute atomic E-state index is 0.140. The van der Waals surface area contributed by atoms with Crippen molar-refractivity contribution < 1.29 is 13.3 Å². The molecule has 0 atom stereocenters. The Balaban J connectivity index is 4.10. The summed E-state index contributed by atoms with van der Waals surface area (Å²) >= 11 is 3.62. The van der Waals surface area contributed by atoms with Crippen molar-refractivity contribution in [2.75, 3.05) is 32.9 Å². The molecule has 0 spiro atoms. The molecule has 116 valence electrons. The highest BCUT2D eigenvalue weighted by Crippen LogP contribution is 2.18. The molecule has 0 aromatic heterocycles. The van der Waals surface area contributed by atoms with Gasteiger partial charge in [-0.1, -0.05) is 15.9 Å². The van der Waals surface area contributed by atoms with Gasteiger partial charge < -0.3 is 18.6 Å². The third kappa shape index (κ3) is 9.98. The summed E-state index contributed by atoms with van der Waals surface area (Å²) in [6.45, 7) is 14.1. The second-order valence-electron chi connectivity index (χ2n) is 4.98. The molecular formula is C13H30BrNO3Si. The van der Waals surface area contributed by atoms with Gasteiger partial charge in [-0.15, -0.1) is 0 Å². The summed E-state index contributed by atoms with van der Waals surface area (Å²) < 4.78 is 17.6. The summed E-state index contributed by atoms with van der Waals surface area (Å²) in [7, 11) is -2.44. The van der Waals surface area contributed by atoms with Crippen molar-refractivity contribution in [1.82, 2.24) is 5.32 Å². The molecular weight excluding hydrogens is 326 g/mol. The van der Waals surface area contributed by atoms with Crippen molar-refractivity contribution in [3.05, 3.63) is 0 Å². The Bertz CT molecular complexity index is 207. The number of halogens is 1. The fraction of sp³-hybridized carbons (Fsp3) is 1.00. The van der Waals surface area contributed by atoms with Crippen molar-refractivity contribution in [1.29, 1.82) is 0 Å². The number of rotatable bonds is 12. The van der Waals surface area contributed by atoms with E-state index in [1.165, 1.54) is 0 Å². The smallest absolute Gasteiger partial charge is 0.374 e. The maximum absolute atomic E-state index is 5.82. The van der Waals surface area contributed by atoms with Gasteiger partial charge in [0, 0.05) is 36.7 Å². The second kappa shape index (κ2) is 10.3. The lowest BCUT2D eigenvalue weighted by Gasteiger charge is -2.28. The van der Waals surface area contributed by atoms with E-state index in [0.717, 1.165) is 25.6 Å². The summed E-state index contributed by atoms with van der Waals surface area (Å²) in [6.07, 6.45) is 1.01. The molecule has 1 N–H and O–H groups in total. The molecule has 0 saturated heterocycles. The number of hydrogen-bond donors (Lipinski definition) is 1. The van der Waals surface area contributed by atoms with Crippen LogP contribution >= 0.6 is 15.9 Å². The van der Waals surface area contributed by atoms with E-state index in [-0.39, 0.29) is 4.32 Å². The van der Waals surface area contributed by atoms with Gasteiger partial charge in [0.2, 0.25) is 0 Å². The Morgan fingerprint density at radius 2 is 1.47 bits per heavy atom. The van der Waals surface area contributed by atoms with Gasteiger partial charge in [0.05, 0.1) is 0 Å². The normalized spacial score (nSPS) is 12.9. The van der Waals surface area contributed by atoms with Gasteiger partial charge in [0.25, 0.3) is 0 Å². The summed E-state index contributed by atoms with van der Waals surface area (Å²) in [4.78, 5) is 0. The van der Waals surface area contributed by atoms with Crippen LogP contribution in [0.25, 0.3) is 0 Å². The molecule has 0 saturated carbocycles. The minimum atomic E-state index is -2.44. The lowest BCUT2D eigenvalue weighted by molar-refractivity contribution is 0.0708. The topological polar surface area (TPSA) is 39.7 Å². The first-order chi connectivity index (χ1) is 8.89. The van der Waals surface area contributed by atoms with Gasteiger partial charge >= 0.3 is 8.80 Å². The molecule has 0 heterocycles. The predicted molar refractivity (Wildman–Crippen MR) is 85.9 cm³/mol. The molecule has 0 aliphatic rings. The second-order valence-corrected chi connectivity index (χ2v) is 9.86. The standard InChI is InChI=1S/C13H30BrNO3Si/c1-6-16-19(17-7-2,18-8-3)11-9-10-15-12-13(4,5)14/h15H,6-12H2,1-5H3. The number of nitrogens with one attached hydrogen (secondary N) is 1. The Hall–Kier alpha value is 0.537. The lowest BCUT2D eigenvalue weighted by atomic mass is 10.2. The Kier molecular flexibility index (Phi) is 10.6. The Labute approximate surface area is 128 Å². The van der Waals surface area contributed by atoms with Gasteiger partial charge in [-0.05, 0) is 47.6 Å². The van der Waals surface area contributed by atoms with Crippen LogP contribution in [0.3, 0.4) is 0 Å². The average Bonchev–Trinajstić information content (AvgIpc) is 2.28. The third-order valence-corrected chi connectivity index (χ3v) is 5.91. The van der Waals surface area contributed by atoms with Crippen molar-refractivity contribution in [3.8, 4) is 0 Å². The maximum Gasteiger partial charge on any atom is 0.500 e. The van der Waals surface area contributed by atoms with E-state index in [0.29, 0.717) is 19.8 Å². The molecule has 0 radical (unpaired) electrons. The quantitative estimate of drug-likeness (QED) is 0.331. The van der Waals surface area contributed by atoms with Crippen LogP contribution in [-0.2, 0) is 13.3 Å². The molecule has 0 aromatic rings. The fourth-order valence-electron chi connectivity index (χ4n) is 1.82. The van der Waals surface area contributed by atoms with Crippen LogP contribution in [0.5, 0.6) is 0 Å². The first-order valence-corrected chi connectivity index (χ1v) is 9.93. The van der Waals surface area contributed by atoms with Gasteiger partial charge in [-0.2, -0.15) is 0 Å². The van der Waals surface area contributed by atoms with Crippen molar-refractivity contribution in [2.24, 2.45) is 0 Å². The van der Waals surface area contributed by atoms with Gasteiger partial charge in [-0.3, -0.25) is 0 Å². The zero-order valence-electron chi connectivity index (χ0n) is 13.1. The third-order valence-electron chi connectivity index (χ3n) is 2.47. The molecule has 0 unspecified atom stereocenters. The van der Waals surface area contributed by atoms with E-state index in [1.807, 2.05) is 20.8 Å².